The van der Waals surface area contributed by atoms with Gasteiger partial charge in [0.15, 0.2) is 0 Å². The van der Waals surface area contributed by atoms with Crippen molar-refractivity contribution in [3.63, 3.8) is 0 Å². The number of ether oxygens (including phenoxy) is 1. The Kier molecular flexibility index (Phi) is 3.35. The van der Waals surface area contributed by atoms with Crippen LogP contribution in [0.3, 0.4) is 0 Å². The molecular weight excluding hydrogens is 306 g/mol. The van der Waals surface area contributed by atoms with Gasteiger partial charge in [0.1, 0.15) is 5.60 Å². The molecule has 1 spiro atoms. The first-order valence-corrected chi connectivity index (χ1v) is 8.12. The Balaban J connectivity index is 1.73. The zero-order chi connectivity index (χ0) is 16.9. The lowest BCUT2D eigenvalue weighted by molar-refractivity contribution is -0.313. The Hall–Kier alpha value is -2.40. The van der Waals surface area contributed by atoms with Crippen molar-refractivity contribution in [3.8, 4) is 0 Å². The molecule has 5 atom stereocenters. The first-order chi connectivity index (χ1) is 11.6. The Morgan fingerprint density at radius 1 is 1.38 bits per heavy atom. The van der Waals surface area contributed by atoms with Gasteiger partial charge in [0, 0.05) is 18.4 Å². The summed E-state index contributed by atoms with van der Waals surface area (Å²) in [6.07, 6.45) is 5.36. The van der Waals surface area contributed by atoms with Crippen LogP contribution in [-0.2, 0) is 20.9 Å². The Morgan fingerprint density at radius 2 is 2.12 bits per heavy atom. The molecule has 2 bridgehead atoms. The molecule has 4 rings (SSSR count). The van der Waals surface area contributed by atoms with Gasteiger partial charge in [-0.05, 0) is 12.0 Å². The van der Waals surface area contributed by atoms with E-state index in [-0.39, 0.29) is 11.9 Å². The van der Waals surface area contributed by atoms with Gasteiger partial charge in [0.2, 0.25) is 5.91 Å². The molecule has 3 aliphatic heterocycles. The molecule has 1 amide bonds. The van der Waals surface area contributed by atoms with Crippen LogP contribution in [0.5, 0.6) is 0 Å². The first kappa shape index (κ1) is 15.1. The first-order valence-electron chi connectivity index (χ1n) is 8.12. The number of aliphatic carboxylic acids is 1. The van der Waals surface area contributed by atoms with Gasteiger partial charge in [-0.2, -0.15) is 0 Å². The largest absolute Gasteiger partial charge is 0.550 e. The minimum atomic E-state index is -1.22. The molecule has 5 heteroatoms. The van der Waals surface area contributed by atoms with Crippen molar-refractivity contribution in [3.05, 3.63) is 60.7 Å². The second-order valence-electron chi connectivity index (χ2n) is 6.61. The lowest BCUT2D eigenvalue weighted by Gasteiger charge is -2.32. The number of rotatable bonds is 5. The second-order valence-corrected chi connectivity index (χ2v) is 6.61. The maximum absolute atomic E-state index is 13.1. The van der Waals surface area contributed by atoms with E-state index in [2.05, 4.69) is 6.58 Å². The fourth-order valence-corrected chi connectivity index (χ4v) is 4.43. The maximum Gasteiger partial charge on any atom is 0.230 e. The molecule has 3 aliphatic rings. The molecule has 124 valence electrons. The van der Waals surface area contributed by atoms with E-state index in [1.807, 2.05) is 36.4 Å². The number of nitrogens with zero attached hydrogens (tertiary/aromatic N) is 1. The van der Waals surface area contributed by atoms with Gasteiger partial charge in [-0.3, -0.25) is 4.79 Å². The number of fused-ring (bicyclic) bond motifs is 1. The van der Waals surface area contributed by atoms with Crippen LogP contribution in [0.1, 0.15) is 12.0 Å². The van der Waals surface area contributed by atoms with E-state index in [0.29, 0.717) is 13.0 Å². The summed E-state index contributed by atoms with van der Waals surface area (Å²) in [5.74, 6) is -3.03. The number of hydrogen-bond acceptors (Lipinski definition) is 4. The van der Waals surface area contributed by atoms with Gasteiger partial charge in [-0.15, -0.1) is 6.58 Å². The molecule has 24 heavy (non-hydrogen) atoms. The molecule has 0 N–H and O–H groups in total. The van der Waals surface area contributed by atoms with Crippen molar-refractivity contribution in [2.45, 2.75) is 30.7 Å². The number of benzene rings is 1. The molecule has 0 aliphatic carbocycles. The zero-order valence-corrected chi connectivity index (χ0v) is 13.1. The third kappa shape index (κ3) is 1.91. The van der Waals surface area contributed by atoms with Crippen LogP contribution < -0.4 is 5.11 Å². The fourth-order valence-electron chi connectivity index (χ4n) is 4.43. The lowest BCUT2D eigenvalue weighted by atomic mass is 9.74. The van der Waals surface area contributed by atoms with Crippen LogP contribution >= 0.6 is 0 Å². The molecule has 0 radical (unpaired) electrons. The number of hydrogen-bond donors (Lipinski definition) is 0. The lowest BCUT2D eigenvalue weighted by Crippen LogP contribution is -2.46. The van der Waals surface area contributed by atoms with E-state index in [1.165, 1.54) is 0 Å². The summed E-state index contributed by atoms with van der Waals surface area (Å²) in [6.45, 7) is 4.22. The number of amides is 1. The predicted octanol–water partition coefficient (Wildman–Crippen LogP) is 0.663. The Bertz CT molecular complexity index is 728. The minimum absolute atomic E-state index is 0.174. The van der Waals surface area contributed by atoms with E-state index in [1.54, 1.807) is 17.1 Å². The van der Waals surface area contributed by atoms with E-state index in [0.717, 1.165) is 5.56 Å². The van der Waals surface area contributed by atoms with Crippen molar-refractivity contribution in [2.75, 3.05) is 0 Å². The molecule has 3 heterocycles. The number of carbonyl (C=O) groups is 2. The van der Waals surface area contributed by atoms with Crippen LogP contribution in [0.25, 0.3) is 0 Å². The summed E-state index contributed by atoms with van der Waals surface area (Å²) >= 11 is 0. The monoisotopic (exact) mass is 324 g/mol. The maximum atomic E-state index is 13.1. The van der Waals surface area contributed by atoms with Gasteiger partial charge in [0.25, 0.3) is 0 Å². The van der Waals surface area contributed by atoms with Crippen LogP contribution in [0.4, 0.5) is 0 Å². The van der Waals surface area contributed by atoms with Crippen molar-refractivity contribution >= 4 is 11.9 Å². The van der Waals surface area contributed by atoms with Crippen LogP contribution in [0, 0.1) is 11.8 Å². The van der Waals surface area contributed by atoms with E-state index >= 15 is 0 Å². The molecule has 0 unspecified atom stereocenters. The molecule has 1 aromatic rings. The SMILES string of the molecule is C=CC[C@@H]1N(Cc2ccccc2)C(=O)[C@@H]2[C@H](C(=O)[O-])[C@@H]3C=C[C@]21O3. The van der Waals surface area contributed by atoms with Gasteiger partial charge in [-0.25, -0.2) is 0 Å². The smallest absolute Gasteiger partial charge is 0.230 e. The van der Waals surface area contributed by atoms with Gasteiger partial charge >= 0.3 is 0 Å². The highest BCUT2D eigenvalue weighted by Crippen LogP contribution is 2.55. The Labute approximate surface area is 140 Å². The van der Waals surface area contributed by atoms with Crippen LogP contribution in [0.15, 0.2) is 55.1 Å². The van der Waals surface area contributed by atoms with Gasteiger partial charge in [0.05, 0.1) is 18.1 Å². The van der Waals surface area contributed by atoms with Gasteiger partial charge < -0.3 is 19.5 Å². The minimum Gasteiger partial charge on any atom is -0.550 e. The standard InChI is InChI=1S/C19H19NO4/c1-2-6-14-19-10-9-13(24-19)15(18(22)23)16(19)17(21)20(14)11-12-7-4-3-5-8-12/h2-5,7-10,13-16H,1,6,11H2,(H,22,23)/p-1/t13-,14-,15+,16-,19+/m0/s1. The van der Waals surface area contributed by atoms with Crippen molar-refractivity contribution < 1.29 is 19.4 Å². The summed E-state index contributed by atoms with van der Waals surface area (Å²) in [5.41, 5.74) is 0.120. The van der Waals surface area contributed by atoms with E-state index in [9.17, 15) is 14.7 Å². The highest BCUT2D eigenvalue weighted by atomic mass is 16.5. The van der Waals surface area contributed by atoms with Crippen LogP contribution in [0.2, 0.25) is 0 Å². The summed E-state index contributed by atoms with van der Waals surface area (Å²) < 4.78 is 6.02. The molecule has 2 saturated heterocycles. The third-order valence-corrected chi connectivity index (χ3v) is 5.39. The third-order valence-electron chi connectivity index (χ3n) is 5.39. The number of likely N-dealkylation sites (tertiary alicyclic amines) is 1. The zero-order valence-electron chi connectivity index (χ0n) is 13.1. The normalized spacial score (nSPS) is 36.2. The molecule has 1 aromatic carbocycles. The van der Waals surface area contributed by atoms with Gasteiger partial charge in [-0.1, -0.05) is 48.6 Å². The number of carbonyl (C=O) groups excluding carboxylic acids is 2. The van der Waals surface area contributed by atoms with Crippen molar-refractivity contribution in [2.24, 2.45) is 11.8 Å². The van der Waals surface area contributed by atoms with Crippen molar-refractivity contribution in [1.82, 2.24) is 4.90 Å². The second kappa shape index (κ2) is 5.31. The van der Waals surface area contributed by atoms with E-state index in [4.69, 9.17) is 4.74 Å². The molecule has 5 nitrogen and oxygen atoms in total. The fraction of sp³-hybridized carbons (Fsp3) is 0.368. The molecular formula is C19H18NO4-. The topological polar surface area (TPSA) is 69.7 Å². The average molecular weight is 324 g/mol. The number of carboxylic acid groups (broad SMARTS) is 1. The highest BCUT2D eigenvalue weighted by molar-refractivity contribution is 5.91. The molecule has 0 aromatic heterocycles. The Morgan fingerprint density at radius 3 is 2.79 bits per heavy atom. The summed E-state index contributed by atoms with van der Waals surface area (Å²) in [6, 6.07) is 9.41. The highest BCUT2D eigenvalue weighted by Gasteiger charge is 2.69. The van der Waals surface area contributed by atoms with Crippen LogP contribution in [-0.4, -0.2) is 34.5 Å². The van der Waals surface area contributed by atoms with Crippen molar-refractivity contribution in [1.29, 1.82) is 0 Å². The molecule has 2 fully saturated rings. The molecule has 0 saturated carbocycles. The summed E-state index contributed by atoms with van der Waals surface area (Å²) in [7, 11) is 0. The number of carboxylic acids is 1. The quantitative estimate of drug-likeness (QED) is 0.746. The average Bonchev–Trinajstić information content (AvgIpc) is 3.20. The predicted molar refractivity (Wildman–Crippen MR) is 84.3 cm³/mol. The summed E-state index contributed by atoms with van der Waals surface area (Å²) in [5, 5.41) is 11.6. The summed E-state index contributed by atoms with van der Waals surface area (Å²) in [4.78, 5) is 26.4. The van der Waals surface area contributed by atoms with E-state index < -0.39 is 29.5 Å².